The zero-order chi connectivity index (χ0) is 9.14. The van der Waals surface area contributed by atoms with Gasteiger partial charge in [0.15, 0.2) is 0 Å². The molecule has 0 bridgehead atoms. The highest BCUT2D eigenvalue weighted by Gasteiger charge is 1.99. The first-order valence-corrected chi connectivity index (χ1v) is 3.87. The first kappa shape index (κ1) is 9.00. The van der Waals surface area contributed by atoms with Crippen molar-refractivity contribution in [3.8, 4) is 0 Å². The number of nitrogens with zero attached hydrogens (tertiary/aromatic N) is 1. The molecule has 0 aliphatic rings. The maximum Gasteiger partial charge on any atom is 0.222 e. The molecule has 1 N–H and O–H groups in total. The zero-order valence-electron chi connectivity index (χ0n) is 6.89. The molecule has 0 spiro atoms. The van der Waals surface area contributed by atoms with Gasteiger partial charge in [0.25, 0.3) is 0 Å². The molecule has 1 amide bonds. The average Bonchev–Trinajstić information content (AvgIpc) is 1.81. The molecule has 12 heavy (non-hydrogen) atoms. The van der Waals surface area contributed by atoms with Crippen LogP contribution in [0, 0.1) is 6.92 Å². The van der Waals surface area contributed by atoms with Crippen LogP contribution < -0.4 is 5.32 Å². The molecule has 0 fully saturated rings. The fourth-order valence-electron chi connectivity index (χ4n) is 0.871. The monoisotopic (exact) mass is 184 g/mol. The van der Waals surface area contributed by atoms with E-state index in [1.54, 1.807) is 12.1 Å². The number of pyridine rings is 1. The lowest BCUT2D eigenvalue weighted by Gasteiger charge is -2.02. The minimum atomic E-state index is -0.149. The number of carbonyl (C=O) groups is 1. The predicted molar refractivity (Wildman–Crippen MR) is 48.3 cm³/mol. The van der Waals surface area contributed by atoms with Crippen molar-refractivity contribution in [3.05, 3.63) is 22.8 Å². The normalized spacial score (nSPS) is 9.58. The molecule has 0 radical (unpaired) electrons. The van der Waals surface area contributed by atoms with Gasteiger partial charge in [-0.15, -0.1) is 0 Å². The quantitative estimate of drug-likeness (QED) is 0.726. The van der Waals surface area contributed by atoms with E-state index in [1.165, 1.54) is 6.92 Å². The fourth-order valence-corrected chi connectivity index (χ4v) is 1.13. The van der Waals surface area contributed by atoms with E-state index < -0.39 is 0 Å². The van der Waals surface area contributed by atoms with Crippen molar-refractivity contribution in [2.45, 2.75) is 13.8 Å². The molecule has 1 aromatic rings. The van der Waals surface area contributed by atoms with E-state index in [0.717, 1.165) is 5.69 Å². The summed E-state index contributed by atoms with van der Waals surface area (Å²) in [6, 6.07) is 3.34. The Morgan fingerprint density at radius 3 is 2.75 bits per heavy atom. The fraction of sp³-hybridized carbons (Fsp3) is 0.250. The number of amides is 1. The number of rotatable bonds is 1. The number of anilines is 1. The molecule has 0 saturated heterocycles. The maximum absolute atomic E-state index is 10.6. The van der Waals surface area contributed by atoms with E-state index >= 15 is 0 Å². The standard InChI is InChI=1S/C8H9ClN2O/c1-5-3-7(9)4-8(10-5)11-6(2)12/h3-4H,1-2H3,(H,10,11,12). The highest BCUT2D eigenvalue weighted by molar-refractivity contribution is 6.30. The topological polar surface area (TPSA) is 42.0 Å². The van der Waals surface area contributed by atoms with Crippen LogP contribution in [0.25, 0.3) is 0 Å². The Labute approximate surface area is 75.8 Å². The Hall–Kier alpha value is -1.09. The highest BCUT2D eigenvalue weighted by Crippen LogP contribution is 2.14. The molecule has 1 heterocycles. The summed E-state index contributed by atoms with van der Waals surface area (Å²) in [5.41, 5.74) is 0.784. The molecule has 0 atom stereocenters. The Balaban J connectivity index is 2.93. The third-order valence-corrected chi connectivity index (χ3v) is 1.44. The van der Waals surface area contributed by atoms with Crippen molar-refractivity contribution in [2.24, 2.45) is 0 Å². The van der Waals surface area contributed by atoms with E-state index in [9.17, 15) is 4.79 Å². The number of aryl methyl sites for hydroxylation is 1. The summed E-state index contributed by atoms with van der Waals surface area (Å²) in [7, 11) is 0. The molecule has 64 valence electrons. The highest BCUT2D eigenvalue weighted by atomic mass is 35.5. The Morgan fingerprint density at radius 1 is 1.58 bits per heavy atom. The first-order chi connectivity index (χ1) is 5.58. The van der Waals surface area contributed by atoms with Crippen LogP contribution in [0.3, 0.4) is 0 Å². The van der Waals surface area contributed by atoms with Gasteiger partial charge in [-0.1, -0.05) is 11.6 Å². The number of halogens is 1. The van der Waals surface area contributed by atoms with E-state index in [2.05, 4.69) is 10.3 Å². The van der Waals surface area contributed by atoms with Gasteiger partial charge in [-0.2, -0.15) is 0 Å². The van der Waals surface area contributed by atoms with Gasteiger partial charge in [0.2, 0.25) is 5.91 Å². The Morgan fingerprint density at radius 2 is 2.25 bits per heavy atom. The third-order valence-electron chi connectivity index (χ3n) is 1.22. The van der Waals surface area contributed by atoms with Gasteiger partial charge >= 0.3 is 0 Å². The summed E-state index contributed by atoms with van der Waals surface area (Å²) >= 11 is 5.74. The molecule has 0 aliphatic heterocycles. The lowest BCUT2D eigenvalue weighted by molar-refractivity contribution is -0.114. The zero-order valence-corrected chi connectivity index (χ0v) is 7.64. The third kappa shape index (κ3) is 2.51. The van der Waals surface area contributed by atoms with Crippen molar-refractivity contribution >= 4 is 23.3 Å². The first-order valence-electron chi connectivity index (χ1n) is 3.50. The van der Waals surface area contributed by atoms with Gasteiger partial charge in [-0.25, -0.2) is 4.98 Å². The molecular formula is C8H9ClN2O. The van der Waals surface area contributed by atoms with Crippen LogP contribution in [-0.2, 0) is 4.79 Å². The van der Waals surface area contributed by atoms with Crippen LogP contribution in [0.4, 0.5) is 5.82 Å². The lowest BCUT2D eigenvalue weighted by Crippen LogP contribution is -2.07. The smallest absolute Gasteiger partial charge is 0.222 e. The second kappa shape index (κ2) is 3.54. The Bertz CT molecular complexity index is 292. The van der Waals surface area contributed by atoms with Crippen LogP contribution >= 0.6 is 11.6 Å². The molecule has 4 heteroatoms. The summed E-state index contributed by atoms with van der Waals surface area (Å²) < 4.78 is 0. The molecule has 1 aromatic heterocycles. The number of hydrogen-bond acceptors (Lipinski definition) is 2. The van der Waals surface area contributed by atoms with Gasteiger partial charge in [0, 0.05) is 17.6 Å². The Kier molecular flexibility index (Phi) is 2.65. The van der Waals surface area contributed by atoms with Crippen molar-refractivity contribution in [3.63, 3.8) is 0 Å². The summed E-state index contributed by atoms with van der Waals surface area (Å²) in [5.74, 6) is 0.344. The minimum Gasteiger partial charge on any atom is -0.311 e. The van der Waals surface area contributed by atoms with Crippen molar-refractivity contribution in [1.29, 1.82) is 0 Å². The summed E-state index contributed by atoms with van der Waals surface area (Å²) in [6.45, 7) is 3.25. The second-order valence-corrected chi connectivity index (χ2v) is 2.93. The van der Waals surface area contributed by atoms with Crippen molar-refractivity contribution < 1.29 is 4.79 Å². The number of aromatic nitrogens is 1. The van der Waals surface area contributed by atoms with Gasteiger partial charge in [0.1, 0.15) is 5.82 Å². The average molecular weight is 185 g/mol. The van der Waals surface area contributed by atoms with Crippen molar-refractivity contribution in [1.82, 2.24) is 4.98 Å². The minimum absolute atomic E-state index is 0.149. The van der Waals surface area contributed by atoms with Gasteiger partial charge in [0.05, 0.1) is 0 Å². The number of nitrogens with one attached hydrogen (secondary N) is 1. The van der Waals surface area contributed by atoms with Crippen molar-refractivity contribution in [2.75, 3.05) is 5.32 Å². The number of hydrogen-bond donors (Lipinski definition) is 1. The molecule has 3 nitrogen and oxygen atoms in total. The molecule has 0 saturated carbocycles. The van der Waals surface area contributed by atoms with E-state index in [0.29, 0.717) is 10.8 Å². The molecule has 0 aliphatic carbocycles. The maximum atomic E-state index is 10.6. The summed E-state index contributed by atoms with van der Waals surface area (Å²) in [6.07, 6.45) is 0. The molecule has 0 aromatic carbocycles. The number of carbonyl (C=O) groups excluding carboxylic acids is 1. The van der Waals surface area contributed by atoms with Crippen LogP contribution in [-0.4, -0.2) is 10.9 Å². The molecule has 0 unspecified atom stereocenters. The predicted octanol–water partition coefficient (Wildman–Crippen LogP) is 2.00. The summed E-state index contributed by atoms with van der Waals surface area (Å²) in [4.78, 5) is 14.7. The van der Waals surface area contributed by atoms with Crippen LogP contribution in [0.5, 0.6) is 0 Å². The van der Waals surface area contributed by atoms with E-state index in [1.807, 2.05) is 6.92 Å². The second-order valence-electron chi connectivity index (χ2n) is 2.49. The van der Waals surface area contributed by atoms with Gasteiger partial charge in [-0.05, 0) is 19.1 Å². The lowest BCUT2D eigenvalue weighted by atomic mass is 10.3. The van der Waals surface area contributed by atoms with Gasteiger partial charge < -0.3 is 5.32 Å². The molecular weight excluding hydrogens is 176 g/mol. The van der Waals surface area contributed by atoms with Crippen LogP contribution in [0.15, 0.2) is 12.1 Å². The van der Waals surface area contributed by atoms with Crippen LogP contribution in [0.2, 0.25) is 5.02 Å². The van der Waals surface area contributed by atoms with E-state index in [-0.39, 0.29) is 5.91 Å². The largest absolute Gasteiger partial charge is 0.311 e. The molecule has 1 rings (SSSR count). The van der Waals surface area contributed by atoms with E-state index in [4.69, 9.17) is 11.6 Å². The van der Waals surface area contributed by atoms with Gasteiger partial charge in [-0.3, -0.25) is 4.79 Å². The van der Waals surface area contributed by atoms with Crippen LogP contribution in [0.1, 0.15) is 12.6 Å². The SMILES string of the molecule is CC(=O)Nc1cc(Cl)cc(C)n1. The summed E-state index contributed by atoms with van der Waals surface area (Å²) in [5, 5.41) is 3.13.